The fraction of sp³-hybridized carbons (Fsp3) is 0.625. The van der Waals surface area contributed by atoms with E-state index in [1.807, 2.05) is 6.07 Å². The molecule has 0 amide bonds. The Morgan fingerprint density at radius 3 is 2.70 bits per heavy atom. The Hall–Kier alpha value is -1.26. The lowest BCUT2D eigenvalue weighted by atomic mass is 10.1. The van der Waals surface area contributed by atoms with Crippen LogP contribution in [0, 0.1) is 0 Å². The SMILES string of the molecule is CCc1ccc(OCCCN2CCOCC2)c(OC)c1. The van der Waals surface area contributed by atoms with Crippen LogP contribution in [0.5, 0.6) is 11.5 Å². The van der Waals surface area contributed by atoms with Gasteiger partial charge in [0, 0.05) is 19.6 Å². The van der Waals surface area contributed by atoms with Gasteiger partial charge < -0.3 is 14.2 Å². The van der Waals surface area contributed by atoms with Crippen LogP contribution in [0.15, 0.2) is 18.2 Å². The maximum absolute atomic E-state index is 5.84. The number of hydrogen-bond donors (Lipinski definition) is 0. The van der Waals surface area contributed by atoms with Gasteiger partial charge in [0.25, 0.3) is 0 Å². The fourth-order valence-electron chi connectivity index (χ4n) is 2.35. The third-order valence-electron chi connectivity index (χ3n) is 3.62. The zero-order chi connectivity index (χ0) is 14.2. The van der Waals surface area contributed by atoms with Crippen LogP contribution in [0.4, 0.5) is 0 Å². The predicted molar refractivity (Wildman–Crippen MR) is 79.7 cm³/mol. The summed E-state index contributed by atoms with van der Waals surface area (Å²) >= 11 is 0. The van der Waals surface area contributed by atoms with Gasteiger partial charge in [-0.1, -0.05) is 13.0 Å². The molecule has 20 heavy (non-hydrogen) atoms. The monoisotopic (exact) mass is 279 g/mol. The van der Waals surface area contributed by atoms with Gasteiger partial charge in [-0.25, -0.2) is 0 Å². The lowest BCUT2D eigenvalue weighted by Crippen LogP contribution is -2.37. The number of rotatable bonds is 7. The number of benzene rings is 1. The molecule has 0 spiro atoms. The van der Waals surface area contributed by atoms with Gasteiger partial charge >= 0.3 is 0 Å². The van der Waals surface area contributed by atoms with Crippen molar-refractivity contribution in [1.29, 1.82) is 0 Å². The highest BCUT2D eigenvalue weighted by Crippen LogP contribution is 2.28. The quantitative estimate of drug-likeness (QED) is 0.717. The lowest BCUT2D eigenvalue weighted by molar-refractivity contribution is 0.0357. The van der Waals surface area contributed by atoms with Gasteiger partial charge in [-0.3, -0.25) is 4.90 Å². The molecule has 0 radical (unpaired) electrons. The molecule has 4 heteroatoms. The minimum absolute atomic E-state index is 0.721. The van der Waals surface area contributed by atoms with Gasteiger partial charge in [-0.15, -0.1) is 0 Å². The highest BCUT2D eigenvalue weighted by molar-refractivity contribution is 5.42. The van der Waals surface area contributed by atoms with Crippen molar-refractivity contribution in [1.82, 2.24) is 4.90 Å². The second kappa shape index (κ2) is 8.12. The van der Waals surface area contributed by atoms with Crippen molar-refractivity contribution in [3.8, 4) is 11.5 Å². The maximum atomic E-state index is 5.84. The molecule has 1 aromatic rings. The van der Waals surface area contributed by atoms with E-state index in [0.717, 1.165) is 63.8 Å². The van der Waals surface area contributed by atoms with Gasteiger partial charge in [-0.05, 0) is 30.5 Å². The molecule has 1 aliphatic rings. The molecule has 1 fully saturated rings. The Balaban J connectivity index is 1.75. The molecule has 112 valence electrons. The molecule has 0 aromatic heterocycles. The largest absolute Gasteiger partial charge is 0.493 e. The van der Waals surface area contributed by atoms with Crippen LogP contribution in [-0.2, 0) is 11.2 Å². The minimum atomic E-state index is 0.721. The lowest BCUT2D eigenvalue weighted by Gasteiger charge is -2.26. The van der Waals surface area contributed by atoms with E-state index in [1.54, 1.807) is 7.11 Å². The molecular weight excluding hydrogens is 254 g/mol. The summed E-state index contributed by atoms with van der Waals surface area (Å²) in [5.41, 5.74) is 1.27. The first kappa shape index (κ1) is 15.1. The van der Waals surface area contributed by atoms with Crippen molar-refractivity contribution in [2.45, 2.75) is 19.8 Å². The minimum Gasteiger partial charge on any atom is -0.493 e. The number of ether oxygens (including phenoxy) is 3. The van der Waals surface area contributed by atoms with Crippen molar-refractivity contribution >= 4 is 0 Å². The van der Waals surface area contributed by atoms with E-state index in [2.05, 4.69) is 24.0 Å². The Morgan fingerprint density at radius 1 is 1.20 bits per heavy atom. The van der Waals surface area contributed by atoms with Gasteiger partial charge in [-0.2, -0.15) is 0 Å². The van der Waals surface area contributed by atoms with Gasteiger partial charge in [0.1, 0.15) is 0 Å². The molecule has 0 bridgehead atoms. The van der Waals surface area contributed by atoms with E-state index >= 15 is 0 Å². The Bertz CT molecular complexity index is 403. The molecule has 0 N–H and O–H groups in total. The number of hydrogen-bond acceptors (Lipinski definition) is 4. The smallest absolute Gasteiger partial charge is 0.161 e. The molecule has 1 heterocycles. The summed E-state index contributed by atoms with van der Waals surface area (Å²) in [6.45, 7) is 7.71. The standard InChI is InChI=1S/C16H25NO3/c1-3-14-5-6-15(16(13-14)18-2)20-10-4-7-17-8-11-19-12-9-17/h5-6,13H,3-4,7-12H2,1-2H3. The van der Waals surface area contributed by atoms with Crippen LogP contribution in [0.1, 0.15) is 18.9 Å². The average Bonchev–Trinajstić information content (AvgIpc) is 2.52. The molecular formula is C16H25NO3. The topological polar surface area (TPSA) is 30.9 Å². The molecule has 4 nitrogen and oxygen atoms in total. The van der Waals surface area contributed by atoms with Crippen LogP contribution in [0.2, 0.25) is 0 Å². The summed E-state index contributed by atoms with van der Waals surface area (Å²) in [5, 5.41) is 0. The first-order chi connectivity index (χ1) is 9.83. The summed E-state index contributed by atoms with van der Waals surface area (Å²) in [7, 11) is 1.69. The highest BCUT2D eigenvalue weighted by Gasteiger charge is 2.10. The van der Waals surface area contributed by atoms with Crippen LogP contribution >= 0.6 is 0 Å². The molecule has 0 saturated carbocycles. The Kier molecular flexibility index (Phi) is 6.15. The van der Waals surface area contributed by atoms with Gasteiger partial charge in [0.2, 0.25) is 0 Å². The zero-order valence-electron chi connectivity index (χ0n) is 12.6. The van der Waals surface area contributed by atoms with Crippen LogP contribution in [0.3, 0.4) is 0 Å². The van der Waals surface area contributed by atoms with Gasteiger partial charge in [0.05, 0.1) is 26.9 Å². The summed E-state index contributed by atoms with van der Waals surface area (Å²) in [5.74, 6) is 1.67. The third kappa shape index (κ3) is 4.39. The van der Waals surface area contributed by atoms with E-state index in [9.17, 15) is 0 Å². The van der Waals surface area contributed by atoms with Gasteiger partial charge in [0.15, 0.2) is 11.5 Å². The van der Waals surface area contributed by atoms with E-state index < -0.39 is 0 Å². The first-order valence-electron chi connectivity index (χ1n) is 7.43. The Labute approximate surface area is 121 Å². The van der Waals surface area contributed by atoms with Crippen molar-refractivity contribution < 1.29 is 14.2 Å². The maximum Gasteiger partial charge on any atom is 0.161 e. The molecule has 1 aromatic carbocycles. The molecule has 1 saturated heterocycles. The summed E-state index contributed by atoms with van der Waals surface area (Å²) in [6.07, 6.45) is 2.03. The number of methoxy groups -OCH3 is 1. The molecule has 2 rings (SSSR count). The third-order valence-corrected chi connectivity index (χ3v) is 3.62. The van der Waals surface area contributed by atoms with Crippen molar-refractivity contribution in [2.24, 2.45) is 0 Å². The fourth-order valence-corrected chi connectivity index (χ4v) is 2.35. The van der Waals surface area contributed by atoms with E-state index in [0.29, 0.717) is 0 Å². The molecule has 0 unspecified atom stereocenters. The van der Waals surface area contributed by atoms with E-state index in [1.165, 1.54) is 5.56 Å². The molecule has 0 aliphatic carbocycles. The van der Waals surface area contributed by atoms with E-state index in [4.69, 9.17) is 14.2 Å². The normalized spacial score (nSPS) is 16.1. The summed E-state index contributed by atoms with van der Waals surface area (Å²) < 4.78 is 16.6. The summed E-state index contributed by atoms with van der Waals surface area (Å²) in [4.78, 5) is 2.42. The average molecular weight is 279 g/mol. The Morgan fingerprint density at radius 2 is 2.00 bits per heavy atom. The highest BCUT2D eigenvalue weighted by atomic mass is 16.5. The molecule has 1 aliphatic heterocycles. The summed E-state index contributed by atoms with van der Waals surface area (Å²) in [6, 6.07) is 6.16. The van der Waals surface area contributed by atoms with Crippen molar-refractivity contribution in [3.63, 3.8) is 0 Å². The van der Waals surface area contributed by atoms with Crippen molar-refractivity contribution in [3.05, 3.63) is 23.8 Å². The number of morpholine rings is 1. The zero-order valence-corrected chi connectivity index (χ0v) is 12.6. The second-order valence-corrected chi connectivity index (χ2v) is 4.99. The second-order valence-electron chi connectivity index (χ2n) is 4.99. The first-order valence-corrected chi connectivity index (χ1v) is 7.43. The number of nitrogens with zero attached hydrogens (tertiary/aromatic N) is 1. The predicted octanol–water partition coefficient (Wildman–Crippen LogP) is 2.36. The van der Waals surface area contributed by atoms with Crippen molar-refractivity contribution in [2.75, 3.05) is 46.6 Å². The molecule has 0 atom stereocenters. The van der Waals surface area contributed by atoms with Crippen LogP contribution in [-0.4, -0.2) is 51.5 Å². The van der Waals surface area contributed by atoms with Crippen LogP contribution in [0.25, 0.3) is 0 Å². The number of aryl methyl sites for hydroxylation is 1. The van der Waals surface area contributed by atoms with E-state index in [-0.39, 0.29) is 0 Å². The van der Waals surface area contributed by atoms with Crippen LogP contribution < -0.4 is 9.47 Å².